The van der Waals surface area contributed by atoms with Crippen molar-refractivity contribution in [2.75, 3.05) is 7.11 Å². The minimum atomic E-state index is -0.354. The molecule has 0 saturated heterocycles. The van der Waals surface area contributed by atoms with Gasteiger partial charge in [-0.3, -0.25) is 9.59 Å². The monoisotopic (exact) mass is 274 g/mol. The Morgan fingerprint density at radius 2 is 1.84 bits per heavy atom. The highest BCUT2D eigenvalue weighted by atomic mass is 32.1. The fraction of sp³-hybridized carbons (Fsp3) is 0.200. The SMILES string of the molecule is COC(=O)CCC(=O)c1cc(-c2ccccc2)cs1. The number of hydrogen-bond donors (Lipinski definition) is 0. The molecule has 0 aliphatic heterocycles. The van der Waals surface area contributed by atoms with Gasteiger partial charge in [-0.15, -0.1) is 11.3 Å². The van der Waals surface area contributed by atoms with E-state index >= 15 is 0 Å². The quantitative estimate of drug-likeness (QED) is 0.618. The highest BCUT2D eigenvalue weighted by molar-refractivity contribution is 7.12. The third kappa shape index (κ3) is 3.51. The van der Waals surface area contributed by atoms with Crippen molar-refractivity contribution >= 4 is 23.1 Å². The Kier molecular flexibility index (Phi) is 4.47. The molecule has 2 aromatic rings. The summed E-state index contributed by atoms with van der Waals surface area (Å²) in [5, 5.41) is 1.96. The molecule has 4 heteroatoms. The lowest BCUT2D eigenvalue weighted by Crippen LogP contribution is -2.04. The highest BCUT2D eigenvalue weighted by Gasteiger charge is 2.12. The summed E-state index contributed by atoms with van der Waals surface area (Å²) in [6, 6.07) is 11.8. The maximum atomic E-state index is 11.9. The molecule has 3 nitrogen and oxygen atoms in total. The second-order valence-corrected chi connectivity index (χ2v) is 4.98. The van der Waals surface area contributed by atoms with Gasteiger partial charge in [0.1, 0.15) is 0 Å². The number of esters is 1. The molecule has 0 fully saturated rings. The zero-order valence-corrected chi connectivity index (χ0v) is 11.4. The molecule has 0 spiro atoms. The van der Waals surface area contributed by atoms with Crippen molar-refractivity contribution in [1.29, 1.82) is 0 Å². The number of thiophene rings is 1. The van der Waals surface area contributed by atoms with E-state index in [4.69, 9.17) is 0 Å². The molecule has 0 aliphatic carbocycles. The number of ketones is 1. The molecule has 0 bridgehead atoms. The van der Waals surface area contributed by atoms with E-state index in [1.807, 2.05) is 41.8 Å². The lowest BCUT2D eigenvalue weighted by atomic mass is 10.1. The Morgan fingerprint density at radius 1 is 1.11 bits per heavy atom. The van der Waals surface area contributed by atoms with Crippen molar-refractivity contribution in [2.24, 2.45) is 0 Å². The topological polar surface area (TPSA) is 43.4 Å². The zero-order valence-electron chi connectivity index (χ0n) is 10.6. The van der Waals surface area contributed by atoms with Crippen molar-refractivity contribution in [3.8, 4) is 11.1 Å². The summed E-state index contributed by atoms with van der Waals surface area (Å²) in [6.45, 7) is 0. The molecule has 0 N–H and O–H groups in total. The molecule has 1 aromatic heterocycles. The van der Waals surface area contributed by atoms with Crippen molar-refractivity contribution in [2.45, 2.75) is 12.8 Å². The highest BCUT2D eigenvalue weighted by Crippen LogP contribution is 2.26. The van der Waals surface area contributed by atoms with Crippen LogP contribution in [0.5, 0.6) is 0 Å². The lowest BCUT2D eigenvalue weighted by Gasteiger charge is -1.97. The summed E-state index contributed by atoms with van der Waals surface area (Å²) < 4.78 is 4.52. The third-order valence-electron chi connectivity index (χ3n) is 2.77. The fourth-order valence-corrected chi connectivity index (χ4v) is 2.59. The van der Waals surface area contributed by atoms with Crippen LogP contribution >= 0.6 is 11.3 Å². The first-order valence-corrected chi connectivity index (χ1v) is 6.82. The standard InChI is InChI=1S/C15H14O3S/c1-18-15(17)8-7-13(16)14-9-12(10-19-14)11-5-3-2-4-6-11/h2-6,9-10H,7-8H2,1H3. The van der Waals surface area contributed by atoms with Crippen molar-refractivity contribution in [1.82, 2.24) is 0 Å². The number of hydrogen-bond acceptors (Lipinski definition) is 4. The number of benzene rings is 1. The summed E-state index contributed by atoms with van der Waals surface area (Å²) in [4.78, 5) is 23.6. The Bertz CT molecular complexity index is 572. The number of Topliss-reactive ketones (excluding diaryl/α,β-unsaturated/α-hetero) is 1. The van der Waals surface area contributed by atoms with E-state index in [1.54, 1.807) is 0 Å². The maximum Gasteiger partial charge on any atom is 0.305 e. The minimum Gasteiger partial charge on any atom is -0.469 e. The van der Waals surface area contributed by atoms with E-state index in [2.05, 4.69) is 4.74 Å². The Balaban J connectivity index is 2.05. The van der Waals surface area contributed by atoms with Crippen LogP contribution in [0, 0.1) is 0 Å². The van der Waals surface area contributed by atoms with Gasteiger partial charge in [0.15, 0.2) is 5.78 Å². The average Bonchev–Trinajstić information content (AvgIpc) is 2.95. The summed E-state index contributed by atoms with van der Waals surface area (Å²) in [7, 11) is 1.32. The predicted molar refractivity (Wildman–Crippen MR) is 75.3 cm³/mol. The van der Waals surface area contributed by atoms with E-state index in [0.29, 0.717) is 4.88 Å². The molecule has 1 aromatic carbocycles. The zero-order chi connectivity index (χ0) is 13.7. The van der Waals surface area contributed by atoms with E-state index < -0.39 is 0 Å². The van der Waals surface area contributed by atoms with E-state index in [0.717, 1.165) is 11.1 Å². The summed E-state index contributed by atoms with van der Waals surface area (Å²) >= 11 is 1.41. The molecule has 19 heavy (non-hydrogen) atoms. The van der Waals surface area contributed by atoms with Gasteiger partial charge in [-0.2, -0.15) is 0 Å². The van der Waals surface area contributed by atoms with E-state index in [9.17, 15) is 9.59 Å². The third-order valence-corrected chi connectivity index (χ3v) is 3.74. The largest absolute Gasteiger partial charge is 0.469 e. The van der Waals surface area contributed by atoms with Crippen LogP contribution in [-0.2, 0) is 9.53 Å². The van der Waals surface area contributed by atoms with Gasteiger partial charge >= 0.3 is 5.97 Å². The minimum absolute atomic E-state index is 0.0161. The first-order chi connectivity index (χ1) is 9.20. The molecule has 0 radical (unpaired) electrons. The number of rotatable bonds is 5. The van der Waals surface area contributed by atoms with Crippen LogP contribution in [0.2, 0.25) is 0 Å². The number of carbonyl (C=O) groups excluding carboxylic acids is 2. The Hall–Kier alpha value is -1.94. The normalized spacial score (nSPS) is 10.2. The molecule has 0 amide bonds. The second kappa shape index (κ2) is 6.29. The number of carbonyl (C=O) groups is 2. The molecule has 0 saturated carbocycles. The average molecular weight is 274 g/mol. The first kappa shape index (κ1) is 13.5. The maximum absolute atomic E-state index is 11.9. The van der Waals surface area contributed by atoms with Crippen LogP contribution in [0.25, 0.3) is 11.1 Å². The lowest BCUT2D eigenvalue weighted by molar-refractivity contribution is -0.140. The van der Waals surface area contributed by atoms with Crippen LogP contribution in [0.3, 0.4) is 0 Å². The summed E-state index contributed by atoms with van der Waals surface area (Å²) in [6.07, 6.45) is 0.329. The smallest absolute Gasteiger partial charge is 0.305 e. The van der Waals surface area contributed by atoms with Crippen molar-refractivity contribution in [3.05, 3.63) is 46.7 Å². The molecule has 1 heterocycles. The van der Waals surface area contributed by atoms with Gasteiger partial charge in [-0.25, -0.2) is 0 Å². The Labute approximate surface area is 115 Å². The molecular formula is C15H14O3S. The van der Waals surface area contributed by atoms with Crippen LogP contribution in [0.4, 0.5) is 0 Å². The van der Waals surface area contributed by atoms with Gasteiger partial charge in [0.25, 0.3) is 0 Å². The van der Waals surface area contributed by atoms with Crippen LogP contribution in [0.1, 0.15) is 22.5 Å². The molecular weight excluding hydrogens is 260 g/mol. The molecule has 0 aliphatic rings. The van der Waals surface area contributed by atoms with Gasteiger partial charge in [0.2, 0.25) is 0 Å². The second-order valence-electron chi connectivity index (χ2n) is 4.06. The van der Waals surface area contributed by atoms with Gasteiger partial charge in [-0.05, 0) is 22.6 Å². The first-order valence-electron chi connectivity index (χ1n) is 5.94. The Morgan fingerprint density at radius 3 is 2.53 bits per heavy atom. The van der Waals surface area contributed by atoms with E-state index in [1.165, 1.54) is 18.4 Å². The summed E-state index contributed by atoms with van der Waals surface area (Å²) in [5.74, 6) is -0.370. The van der Waals surface area contributed by atoms with Crippen LogP contribution in [0.15, 0.2) is 41.8 Å². The van der Waals surface area contributed by atoms with Crippen LogP contribution in [-0.4, -0.2) is 18.9 Å². The fourth-order valence-electron chi connectivity index (χ4n) is 1.71. The van der Waals surface area contributed by atoms with Gasteiger partial charge in [-0.1, -0.05) is 30.3 Å². The molecule has 2 rings (SSSR count). The van der Waals surface area contributed by atoms with E-state index in [-0.39, 0.29) is 24.6 Å². The van der Waals surface area contributed by atoms with Gasteiger partial charge in [0, 0.05) is 6.42 Å². The molecule has 0 unspecified atom stereocenters. The summed E-state index contributed by atoms with van der Waals surface area (Å²) in [5.41, 5.74) is 2.12. The molecule has 0 atom stereocenters. The molecule has 98 valence electrons. The van der Waals surface area contributed by atoms with Crippen molar-refractivity contribution in [3.63, 3.8) is 0 Å². The predicted octanol–water partition coefficient (Wildman–Crippen LogP) is 3.55. The van der Waals surface area contributed by atoms with Gasteiger partial charge < -0.3 is 4.74 Å². The van der Waals surface area contributed by atoms with Crippen molar-refractivity contribution < 1.29 is 14.3 Å². The van der Waals surface area contributed by atoms with Gasteiger partial charge in [0.05, 0.1) is 18.4 Å². The number of ether oxygens (including phenoxy) is 1. The van der Waals surface area contributed by atoms with Crippen LogP contribution < -0.4 is 0 Å². The number of methoxy groups -OCH3 is 1.